The molecule has 0 aromatic carbocycles. The van der Waals surface area contributed by atoms with Crippen LogP contribution in [0.5, 0.6) is 0 Å². The van der Waals surface area contributed by atoms with Gasteiger partial charge >= 0.3 is 0 Å². The molecule has 2 aromatic rings. The number of hydrogen-bond donors (Lipinski definition) is 0. The number of pyridine rings is 1. The number of thiophene rings is 1. The lowest BCUT2D eigenvalue weighted by molar-refractivity contribution is 0.112. The summed E-state index contributed by atoms with van der Waals surface area (Å²) in [7, 11) is 0. The summed E-state index contributed by atoms with van der Waals surface area (Å²) in [4.78, 5) is 17.6. The lowest BCUT2D eigenvalue weighted by atomic mass is 9.89. The quantitative estimate of drug-likeness (QED) is 0.733. The van der Waals surface area contributed by atoms with Crippen molar-refractivity contribution >= 4 is 39.4 Å². The largest absolute Gasteiger partial charge is 0.298 e. The molecular weight excluding hydrogens is 254 g/mol. The van der Waals surface area contributed by atoms with Crippen molar-refractivity contribution in [3.05, 3.63) is 27.2 Å². The average Bonchev–Trinajstić information content (AvgIpc) is 2.67. The molecule has 0 amide bonds. The third-order valence-electron chi connectivity index (χ3n) is 3.41. The first-order chi connectivity index (χ1) is 8.20. The van der Waals surface area contributed by atoms with Crippen molar-refractivity contribution in [2.45, 2.75) is 26.2 Å². The number of nitrogens with zero attached hydrogens (tertiary/aromatic N) is 1. The van der Waals surface area contributed by atoms with E-state index in [1.54, 1.807) is 17.5 Å². The van der Waals surface area contributed by atoms with Crippen LogP contribution in [0, 0.1) is 5.92 Å². The van der Waals surface area contributed by atoms with Crippen LogP contribution in [0.2, 0.25) is 5.02 Å². The van der Waals surface area contributed by atoms with Gasteiger partial charge in [0.1, 0.15) is 4.83 Å². The van der Waals surface area contributed by atoms with Crippen LogP contribution in [-0.4, -0.2) is 11.3 Å². The van der Waals surface area contributed by atoms with Gasteiger partial charge in [-0.2, -0.15) is 0 Å². The molecule has 1 aliphatic carbocycles. The highest BCUT2D eigenvalue weighted by atomic mass is 35.5. The Kier molecular flexibility index (Phi) is 2.68. The molecular formula is C13H12ClNOS. The highest BCUT2D eigenvalue weighted by Crippen LogP contribution is 2.40. The van der Waals surface area contributed by atoms with E-state index < -0.39 is 0 Å². The Morgan fingerprint density at radius 1 is 1.59 bits per heavy atom. The number of hydrogen-bond acceptors (Lipinski definition) is 3. The standard InChI is InChI=1S/C13H12ClNOS/c1-7-2-3-9-10(4-7)17-13-11(9)12(14)8(6-16)5-15-13/h5-7H,2-4H2,1H3. The maximum Gasteiger partial charge on any atom is 0.153 e. The number of aromatic nitrogens is 1. The third-order valence-corrected chi connectivity index (χ3v) is 4.98. The monoisotopic (exact) mass is 265 g/mol. The fraction of sp³-hybridized carbons (Fsp3) is 0.385. The SMILES string of the molecule is CC1CCc2c(sc3ncc(C=O)c(Cl)c23)C1. The minimum Gasteiger partial charge on any atom is -0.298 e. The zero-order valence-electron chi connectivity index (χ0n) is 9.50. The molecule has 88 valence electrons. The van der Waals surface area contributed by atoms with E-state index in [-0.39, 0.29) is 0 Å². The third kappa shape index (κ3) is 1.69. The molecule has 1 unspecified atom stereocenters. The average molecular weight is 266 g/mol. The Morgan fingerprint density at radius 3 is 3.18 bits per heavy atom. The summed E-state index contributed by atoms with van der Waals surface area (Å²) in [5.41, 5.74) is 1.82. The number of fused-ring (bicyclic) bond motifs is 3. The van der Waals surface area contributed by atoms with E-state index in [1.807, 2.05) is 0 Å². The molecule has 17 heavy (non-hydrogen) atoms. The van der Waals surface area contributed by atoms with Crippen molar-refractivity contribution in [1.82, 2.24) is 4.98 Å². The first-order valence-electron chi connectivity index (χ1n) is 5.74. The van der Waals surface area contributed by atoms with E-state index in [4.69, 9.17) is 11.6 Å². The lowest BCUT2D eigenvalue weighted by Gasteiger charge is -2.17. The van der Waals surface area contributed by atoms with E-state index >= 15 is 0 Å². The Balaban J connectivity index is 2.30. The van der Waals surface area contributed by atoms with Crippen molar-refractivity contribution in [3.8, 4) is 0 Å². The van der Waals surface area contributed by atoms with Crippen LogP contribution in [0.25, 0.3) is 10.2 Å². The summed E-state index contributed by atoms with van der Waals surface area (Å²) in [6, 6.07) is 0. The summed E-state index contributed by atoms with van der Waals surface area (Å²) in [6.45, 7) is 2.28. The second-order valence-electron chi connectivity index (χ2n) is 4.68. The van der Waals surface area contributed by atoms with E-state index in [9.17, 15) is 4.79 Å². The highest BCUT2D eigenvalue weighted by molar-refractivity contribution is 7.19. The van der Waals surface area contributed by atoms with Gasteiger partial charge in [0.25, 0.3) is 0 Å². The Bertz CT molecular complexity index is 605. The second kappa shape index (κ2) is 4.07. The number of aryl methyl sites for hydroxylation is 1. The molecule has 0 N–H and O–H groups in total. The topological polar surface area (TPSA) is 30.0 Å². The number of rotatable bonds is 1. The van der Waals surface area contributed by atoms with Gasteiger partial charge in [0, 0.05) is 16.5 Å². The molecule has 0 bridgehead atoms. The Labute approximate surface area is 109 Å². The van der Waals surface area contributed by atoms with Gasteiger partial charge in [-0.25, -0.2) is 4.98 Å². The fourth-order valence-corrected chi connectivity index (χ4v) is 4.18. The maximum absolute atomic E-state index is 10.9. The van der Waals surface area contributed by atoms with Crippen LogP contribution in [0.3, 0.4) is 0 Å². The minimum absolute atomic E-state index is 0.499. The van der Waals surface area contributed by atoms with Crippen LogP contribution in [0.15, 0.2) is 6.20 Å². The molecule has 0 aliphatic heterocycles. The van der Waals surface area contributed by atoms with E-state index in [0.717, 1.165) is 35.3 Å². The molecule has 0 fully saturated rings. The molecule has 1 aliphatic rings. The predicted molar refractivity (Wildman–Crippen MR) is 71.2 cm³/mol. The molecule has 1 atom stereocenters. The molecule has 0 radical (unpaired) electrons. The summed E-state index contributed by atoms with van der Waals surface area (Å²) in [5.74, 6) is 0.736. The highest BCUT2D eigenvalue weighted by Gasteiger charge is 2.23. The molecule has 2 aromatic heterocycles. The zero-order valence-corrected chi connectivity index (χ0v) is 11.1. The second-order valence-corrected chi connectivity index (χ2v) is 6.14. The normalized spacial score (nSPS) is 19.3. The Morgan fingerprint density at radius 2 is 2.41 bits per heavy atom. The van der Waals surface area contributed by atoms with Crippen LogP contribution in [0.4, 0.5) is 0 Å². The first-order valence-corrected chi connectivity index (χ1v) is 6.94. The number of carbonyl (C=O) groups is 1. The van der Waals surface area contributed by atoms with Gasteiger partial charge < -0.3 is 0 Å². The maximum atomic E-state index is 10.9. The summed E-state index contributed by atoms with van der Waals surface area (Å²) in [5, 5.41) is 1.60. The molecule has 2 nitrogen and oxygen atoms in total. The van der Waals surface area contributed by atoms with Gasteiger partial charge in [-0.3, -0.25) is 4.79 Å². The zero-order chi connectivity index (χ0) is 12.0. The summed E-state index contributed by atoms with van der Waals surface area (Å²) in [6.07, 6.45) is 5.72. The number of aldehydes is 1. The number of carbonyl (C=O) groups excluding carboxylic acids is 1. The molecule has 4 heteroatoms. The minimum atomic E-state index is 0.499. The van der Waals surface area contributed by atoms with Gasteiger partial charge in [-0.15, -0.1) is 11.3 Å². The van der Waals surface area contributed by atoms with Crippen LogP contribution in [-0.2, 0) is 12.8 Å². The first kappa shape index (κ1) is 11.2. The van der Waals surface area contributed by atoms with Gasteiger partial charge in [-0.1, -0.05) is 18.5 Å². The van der Waals surface area contributed by atoms with Crippen molar-refractivity contribution in [1.29, 1.82) is 0 Å². The molecule has 2 heterocycles. The lowest BCUT2D eigenvalue weighted by Crippen LogP contribution is -2.08. The smallest absolute Gasteiger partial charge is 0.153 e. The van der Waals surface area contributed by atoms with Gasteiger partial charge in [0.15, 0.2) is 6.29 Å². The number of halogens is 1. The molecule has 0 spiro atoms. The van der Waals surface area contributed by atoms with Crippen molar-refractivity contribution in [2.24, 2.45) is 5.92 Å². The fourth-order valence-electron chi connectivity index (χ4n) is 2.47. The van der Waals surface area contributed by atoms with Crippen LogP contribution < -0.4 is 0 Å². The van der Waals surface area contributed by atoms with Crippen molar-refractivity contribution in [2.75, 3.05) is 0 Å². The van der Waals surface area contributed by atoms with Crippen molar-refractivity contribution in [3.63, 3.8) is 0 Å². The van der Waals surface area contributed by atoms with Gasteiger partial charge in [0.2, 0.25) is 0 Å². The summed E-state index contributed by atoms with van der Waals surface area (Å²) < 4.78 is 0. The van der Waals surface area contributed by atoms with E-state index in [1.165, 1.54) is 16.9 Å². The van der Waals surface area contributed by atoms with Crippen molar-refractivity contribution < 1.29 is 4.79 Å². The van der Waals surface area contributed by atoms with E-state index in [0.29, 0.717) is 10.6 Å². The molecule has 0 saturated heterocycles. The van der Waals surface area contributed by atoms with E-state index in [2.05, 4.69) is 11.9 Å². The predicted octanol–water partition coefficient (Wildman–Crippen LogP) is 3.89. The molecule has 0 saturated carbocycles. The van der Waals surface area contributed by atoms with Crippen LogP contribution in [0.1, 0.15) is 34.1 Å². The van der Waals surface area contributed by atoms with Crippen LogP contribution >= 0.6 is 22.9 Å². The Hall–Kier alpha value is -0.930. The van der Waals surface area contributed by atoms with Gasteiger partial charge in [-0.05, 0) is 30.7 Å². The summed E-state index contributed by atoms with van der Waals surface area (Å²) >= 11 is 8.02. The molecule has 3 rings (SSSR count). The van der Waals surface area contributed by atoms with Gasteiger partial charge in [0.05, 0.1) is 10.6 Å².